The lowest BCUT2D eigenvalue weighted by Crippen LogP contribution is -2.34. The molecule has 0 aliphatic rings. The highest BCUT2D eigenvalue weighted by atomic mass is 16.2. The monoisotopic (exact) mass is 238 g/mol. The van der Waals surface area contributed by atoms with Gasteiger partial charge in [-0.2, -0.15) is 5.10 Å². The number of nitrogens with zero attached hydrogens (tertiary/aromatic N) is 1. The fraction of sp³-hybridized carbons (Fsp3) is 0.545. The van der Waals surface area contributed by atoms with Crippen molar-refractivity contribution in [1.29, 1.82) is 0 Å². The number of hydrogen-bond donors (Lipinski definition) is 3. The van der Waals surface area contributed by atoms with Crippen molar-refractivity contribution in [3.05, 3.63) is 17.5 Å². The van der Waals surface area contributed by atoms with Gasteiger partial charge in [-0.05, 0) is 20.8 Å². The Morgan fingerprint density at radius 1 is 1.47 bits per heavy atom. The van der Waals surface area contributed by atoms with Crippen molar-refractivity contribution in [2.75, 3.05) is 6.54 Å². The van der Waals surface area contributed by atoms with E-state index in [4.69, 9.17) is 0 Å². The number of aromatic nitrogens is 2. The van der Waals surface area contributed by atoms with Crippen LogP contribution in [-0.4, -0.2) is 34.6 Å². The summed E-state index contributed by atoms with van der Waals surface area (Å²) >= 11 is 0. The Morgan fingerprint density at radius 3 is 2.71 bits per heavy atom. The summed E-state index contributed by atoms with van der Waals surface area (Å²) in [5.41, 5.74) is 1.23. The molecule has 0 aliphatic carbocycles. The van der Waals surface area contributed by atoms with Gasteiger partial charge < -0.3 is 10.6 Å². The van der Waals surface area contributed by atoms with E-state index < -0.39 is 0 Å². The van der Waals surface area contributed by atoms with Crippen molar-refractivity contribution in [3.8, 4) is 0 Å². The molecule has 0 atom stereocenters. The largest absolute Gasteiger partial charge is 0.354 e. The van der Waals surface area contributed by atoms with Gasteiger partial charge >= 0.3 is 0 Å². The van der Waals surface area contributed by atoms with Crippen LogP contribution in [0.3, 0.4) is 0 Å². The van der Waals surface area contributed by atoms with Crippen LogP contribution < -0.4 is 10.6 Å². The molecule has 0 saturated carbocycles. The zero-order valence-corrected chi connectivity index (χ0v) is 10.3. The Bertz CT molecular complexity index is 398. The Labute approximate surface area is 100 Å². The van der Waals surface area contributed by atoms with Gasteiger partial charge in [-0.1, -0.05) is 0 Å². The van der Waals surface area contributed by atoms with E-state index in [1.54, 1.807) is 6.92 Å². The Balaban J connectivity index is 2.30. The average Bonchev–Trinajstić information content (AvgIpc) is 2.63. The lowest BCUT2D eigenvalue weighted by atomic mass is 10.2. The van der Waals surface area contributed by atoms with Crippen molar-refractivity contribution in [3.63, 3.8) is 0 Å². The van der Waals surface area contributed by atoms with Crippen LogP contribution in [0.1, 0.15) is 36.3 Å². The van der Waals surface area contributed by atoms with Gasteiger partial charge in [0.1, 0.15) is 0 Å². The summed E-state index contributed by atoms with van der Waals surface area (Å²) in [6.45, 7) is 5.88. The number of rotatable bonds is 5. The quantitative estimate of drug-likeness (QED) is 0.692. The minimum Gasteiger partial charge on any atom is -0.354 e. The fourth-order valence-electron chi connectivity index (χ4n) is 1.36. The molecule has 1 aromatic heterocycles. The molecule has 2 amide bonds. The summed E-state index contributed by atoms with van der Waals surface area (Å²) in [6, 6.07) is 0.120. The van der Waals surface area contributed by atoms with E-state index in [2.05, 4.69) is 20.8 Å². The molecule has 1 heterocycles. The number of nitrogens with one attached hydrogen (secondary N) is 3. The summed E-state index contributed by atoms with van der Waals surface area (Å²) in [7, 11) is 0. The van der Waals surface area contributed by atoms with Gasteiger partial charge in [-0.15, -0.1) is 0 Å². The molecule has 0 fully saturated rings. The number of hydrogen-bond acceptors (Lipinski definition) is 3. The van der Waals surface area contributed by atoms with Crippen molar-refractivity contribution >= 4 is 11.8 Å². The SMILES string of the molecule is Cc1[nH]ncc1C(=O)NCCC(=O)NC(C)C. The highest BCUT2D eigenvalue weighted by Gasteiger charge is 2.10. The maximum atomic E-state index is 11.6. The standard InChI is InChI=1S/C11H18N4O2/c1-7(2)14-10(16)4-5-12-11(17)9-6-13-15-8(9)3/h6-7H,4-5H2,1-3H3,(H,12,17)(H,13,15)(H,14,16). The molecule has 0 saturated heterocycles. The molecule has 1 aromatic rings. The van der Waals surface area contributed by atoms with Crippen molar-refractivity contribution in [2.45, 2.75) is 33.2 Å². The number of carbonyl (C=O) groups excluding carboxylic acids is 2. The van der Waals surface area contributed by atoms with E-state index in [9.17, 15) is 9.59 Å². The van der Waals surface area contributed by atoms with Crippen LogP contribution in [-0.2, 0) is 4.79 Å². The van der Waals surface area contributed by atoms with Gasteiger partial charge in [-0.25, -0.2) is 0 Å². The van der Waals surface area contributed by atoms with Crippen LogP contribution in [0.4, 0.5) is 0 Å². The summed E-state index contributed by atoms with van der Waals surface area (Å²) in [5.74, 6) is -0.280. The molecule has 94 valence electrons. The summed E-state index contributed by atoms with van der Waals surface area (Å²) in [6.07, 6.45) is 1.75. The highest BCUT2D eigenvalue weighted by Crippen LogP contribution is 2.01. The van der Waals surface area contributed by atoms with E-state index in [-0.39, 0.29) is 24.3 Å². The molecule has 0 bridgehead atoms. The smallest absolute Gasteiger partial charge is 0.254 e. The molecule has 0 aliphatic heterocycles. The normalized spacial score (nSPS) is 10.4. The van der Waals surface area contributed by atoms with Gasteiger partial charge in [0.15, 0.2) is 0 Å². The second-order valence-corrected chi connectivity index (χ2v) is 4.14. The van der Waals surface area contributed by atoms with Gasteiger partial charge in [-0.3, -0.25) is 14.7 Å². The molecule has 6 nitrogen and oxygen atoms in total. The molecule has 17 heavy (non-hydrogen) atoms. The van der Waals surface area contributed by atoms with Crippen LogP contribution in [0, 0.1) is 6.92 Å². The number of amides is 2. The van der Waals surface area contributed by atoms with E-state index in [0.717, 1.165) is 0 Å². The molecule has 0 radical (unpaired) electrons. The van der Waals surface area contributed by atoms with Gasteiger partial charge in [0.25, 0.3) is 5.91 Å². The predicted octanol–water partition coefficient (Wildman–Crippen LogP) is 0.363. The maximum Gasteiger partial charge on any atom is 0.254 e. The lowest BCUT2D eigenvalue weighted by Gasteiger charge is -2.08. The minimum atomic E-state index is -0.214. The Morgan fingerprint density at radius 2 is 2.18 bits per heavy atom. The molecule has 6 heteroatoms. The number of H-pyrrole nitrogens is 1. The summed E-state index contributed by atoms with van der Waals surface area (Å²) in [5, 5.41) is 11.9. The first-order chi connectivity index (χ1) is 8.00. The van der Waals surface area contributed by atoms with Crippen LogP contribution >= 0.6 is 0 Å². The van der Waals surface area contributed by atoms with Crippen molar-refractivity contribution in [2.24, 2.45) is 0 Å². The first-order valence-electron chi connectivity index (χ1n) is 5.58. The van der Waals surface area contributed by atoms with Crippen LogP contribution in [0.25, 0.3) is 0 Å². The third-order valence-corrected chi connectivity index (χ3v) is 2.16. The second kappa shape index (κ2) is 6.03. The van der Waals surface area contributed by atoms with Gasteiger partial charge in [0.2, 0.25) is 5.91 Å². The zero-order chi connectivity index (χ0) is 12.8. The van der Waals surface area contributed by atoms with Crippen LogP contribution in [0.15, 0.2) is 6.20 Å². The Hall–Kier alpha value is -1.85. The first-order valence-corrected chi connectivity index (χ1v) is 5.58. The number of aromatic amines is 1. The molecular weight excluding hydrogens is 220 g/mol. The van der Waals surface area contributed by atoms with E-state index in [0.29, 0.717) is 17.8 Å². The summed E-state index contributed by atoms with van der Waals surface area (Å²) < 4.78 is 0. The lowest BCUT2D eigenvalue weighted by molar-refractivity contribution is -0.121. The first kappa shape index (κ1) is 13.2. The minimum absolute atomic E-state index is 0.0655. The van der Waals surface area contributed by atoms with Crippen LogP contribution in [0.2, 0.25) is 0 Å². The third kappa shape index (κ3) is 4.26. The van der Waals surface area contributed by atoms with Gasteiger partial charge in [0, 0.05) is 24.7 Å². The maximum absolute atomic E-state index is 11.6. The fourth-order valence-corrected chi connectivity index (χ4v) is 1.36. The number of carbonyl (C=O) groups is 2. The molecule has 3 N–H and O–H groups in total. The van der Waals surface area contributed by atoms with Crippen molar-refractivity contribution < 1.29 is 9.59 Å². The molecule has 0 aromatic carbocycles. The molecule has 0 spiro atoms. The van der Waals surface area contributed by atoms with Crippen molar-refractivity contribution in [1.82, 2.24) is 20.8 Å². The summed E-state index contributed by atoms with van der Waals surface area (Å²) in [4.78, 5) is 22.9. The Kier molecular flexibility index (Phi) is 4.68. The molecule has 0 unspecified atom stereocenters. The third-order valence-electron chi connectivity index (χ3n) is 2.16. The topological polar surface area (TPSA) is 86.9 Å². The van der Waals surface area contributed by atoms with Crippen LogP contribution in [0.5, 0.6) is 0 Å². The van der Waals surface area contributed by atoms with Gasteiger partial charge in [0.05, 0.1) is 11.8 Å². The second-order valence-electron chi connectivity index (χ2n) is 4.14. The predicted molar refractivity (Wildman–Crippen MR) is 63.6 cm³/mol. The van der Waals surface area contributed by atoms with E-state index in [1.807, 2.05) is 13.8 Å². The highest BCUT2D eigenvalue weighted by molar-refractivity contribution is 5.95. The van der Waals surface area contributed by atoms with E-state index >= 15 is 0 Å². The molecule has 1 rings (SSSR count). The van der Waals surface area contributed by atoms with E-state index in [1.165, 1.54) is 6.20 Å². The zero-order valence-electron chi connectivity index (χ0n) is 10.3. The average molecular weight is 238 g/mol. The molecular formula is C11H18N4O2. The number of aryl methyl sites for hydroxylation is 1.